The summed E-state index contributed by atoms with van der Waals surface area (Å²) in [5, 5.41) is 13.4. The molecular formula is C20H21ClN6O3. The molecule has 2 aromatic carbocycles. The predicted octanol–water partition coefficient (Wildman–Crippen LogP) is 2.98. The molecule has 0 bridgehead atoms. The SMILES string of the molecule is CCc1ccc(NC(=O)Cn2nnc(C(=O)Nc3cc(Cl)ccc3OC)c2N)cc1. The van der Waals surface area contributed by atoms with Crippen LogP contribution >= 0.6 is 11.6 Å². The average Bonchev–Trinajstić information content (AvgIpc) is 3.09. The van der Waals surface area contributed by atoms with Crippen molar-refractivity contribution >= 4 is 40.6 Å². The lowest BCUT2D eigenvalue weighted by molar-refractivity contribution is -0.116. The van der Waals surface area contributed by atoms with Crippen molar-refractivity contribution < 1.29 is 14.3 Å². The number of carbonyl (C=O) groups excluding carboxylic acids is 2. The molecule has 0 saturated carbocycles. The molecular weight excluding hydrogens is 408 g/mol. The first-order valence-corrected chi connectivity index (χ1v) is 9.51. The number of methoxy groups -OCH3 is 1. The normalized spacial score (nSPS) is 10.5. The van der Waals surface area contributed by atoms with Crippen molar-refractivity contribution in [2.75, 3.05) is 23.5 Å². The number of rotatable bonds is 7. The fraction of sp³-hybridized carbons (Fsp3) is 0.200. The van der Waals surface area contributed by atoms with Crippen LogP contribution in [-0.2, 0) is 17.8 Å². The van der Waals surface area contributed by atoms with Crippen LogP contribution in [0.4, 0.5) is 17.2 Å². The molecule has 30 heavy (non-hydrogen) atoms. The van der Waals surface area contributed by atoms with Gasteiger partial charge < -0.3 is 21.1 Å². The van der Waals surface area contributed by atoms with Crippen molar-refractivity contribution in [1.82, 2.24) is 15.0 Å². The van der Waals surface area contributed by atoms with Crippen molar-refractivity contribution in [3.05, 3.63) is 58.7 Å². The summed E-state index contributed by atoms with van der Waals surface area (Å²) in [6.45, 7) is 1.86. The number of nitrogen functional groups attached to an aromatic ring is 1. The van der Waals surface area contributed by atoms with Crippen LogP contribution in [0.15, 0.2) is 42.5 Å². The number of nitrogens with two attached hydrogens (primary N) is 1. The van der Waals surface area contributed by atoms with Gasteiger partial charge in [0.2, 0.25) is 5.91 Å². The van der Waals surface area contributed by atoms with Crippen LogP contribution in [0.3, 0.4) is 0 Å². The van der Waals surface area contributed by atoms with E-state index in [2.05, 4.69) is 27.9 Å². The minimum Gasteiger partial charge on any atom is -0.495 e. The third kappa shape index (κ3) is 4.87. The van der Waals surface area contributed by atoms with Crippen molar-refractivity contribution in [2.24, 2.45) is 0 Å². The van der Waals surface area contributed by atoms with E-state index >= 15 is 0 Å². The summed E-state index contributed by atoms with van der Waals surface area (Å²) in [5.41, 5.74) is 8.04. The summed E-state index contributed by atoms with van der Waals surface area (Å²) in [6, 6.07) is 12.3. The molecule has 0 atom stereocenters. The molecule has 2 amide bonds. The minimum absolute atomic E-state index is 0.0371. The van der Waals surface area contributed by atoms with Gasteiger partial charge in [-0.1, -0.05) is 35.9 Å². The molecule has 156 valence electrons. The number of amides is 2. The minimum atomic E-state index is -0.602. The van der Waals surface area contributed by atoms with Crippen LogP contribution in [0.2, 0.25) is 5.02 Å². The van der Waals surface area contributed by atoms with Crippen LogP contribution in [0, 0.1) is 0 Å². The summed E-state index contributed by atoms with van der Waals surface area (Å²) in [6.07, 6.45) is 0.912. The Hall–Kier alpha value is -3.59. The molecule has 0 aliphatic carbocycles. The van der Waals surface area contributed by atoms with E-state index in [4.69, 9.17) is 22.1 Å². The van der Waals surface area contributed by atoms with E-state index in [9.17, 15) is 9.59 Å². The summed E-state index contributed by atoms with van der Waals surface area (Å²) in [4.78, 5) is 24.9. The molecule has 0 fully saturated rings. The molecule has 3 aromatic rings. The van der Waals surface area contributed by atoms with Crippen molar-refractivity contribution in [3.8, 4) is 5.75 Å². The summed E-state index contributed by atoms with van der Waals surface area (Å²) >= 11 is 5.97. The Morgan fingerprint density at radius 3 is 2.57 bits per heavy atom. The number of carbonyl (C=O) groups is 2. The zero-order valence-electron chi connectivity index (χ0n) is 16.5. The van der Waals surface area contributed by atoms with Crippen LogP contribution in [0.5, 0.6) is 5.75 Å². The fourth-order valence-corrected chi connectivity index (χ4v) is 2.89. The van der Waals surface area contributed by atoms with E-state index < -0.39 is 5.91 Å². The first kappa shape index (κ1) is 21.1. The zero-order valence-corrected chi connectivity index (χ0v) is 17.2. The van der Waals surface area contributed by atoms with Gasteiger partial charge in [0.1, 0.15) is 12.3 Å². The monoisotopic (exact) mass is 428 g/mol. The fourth-order valence-electron chi connectivity index (χ4n) is 2.72. The highest BCUT2D eigenvalue weighted by atomic mass is 35.5. The second-order valence-electron chi connectivity index (χ2n) is 6.38. The quantitative estimate of drug-likeness (QED) is 0.531. The van der Waals surface area contributed by atoms with Gasteiger partial charge in [-0.25, -0.2) is 4.68 Å². The van der Waals surface area contributed by atoms with Gasteiger partial charge in [-0.05, 0) is 42.3 Å². The largest absolute Gasteiger partial charge is 0.495 e. The molecule has 0 spiro atoms. The third-order valence-corrected chi connectivity index (χ3v) is 4.57. The van der Waals surface area contributed by atoms with E-state index in [1.165, 1.54) is 18.7 Å². The number of ether oxygens (including phenoxy) is 1. The maximum absolute atomic E-state index is 12.6. The Balaban J connectivity index is 1.68. The molecule has 0 saturated heterocycles. The highest BCUT2D eigenvalue weighted by molar-refractivity contribution is 6.31. The zero-order chi connectivity index (χ0) is 21.7. The number of nitrogens with zero attached hydrogens (tertiary/aromatic N) is 3. The summed E-state index contributed by atoms with van der Waals surface area (Å²) in [5.74, 6) is -0.564. The molecule has 0 aliphatic heterocycles. The van der Waals surface area contributed by atoms with Crippen LogP contribution < -0.4 is 21.1 Å². The molecule has 4 N–H and O–H groups in total. The van der Waals surface area contributed by atoms with Gasteiger partial charge in [-0.15, -0.1) is 5.10 Å². The number of hydrogen-bond acceptors (Lipinski definition) is 6. The highest BCUT2D eigenvalue weighted by Crippen LogP contribution is 2.28. The van der Waals surface area contributed by atoms with E-state index in [1.807, 2.05) is 24.3 Å². The molecule has 0 aliphatic rings. The van der Waals surface area contributed by atoms with Gasteiger partial charge in [0.25, 0.3) is 5.91 Å². The number of hydrogen-bond donors (Lipinski definition) is 3. The number of halogens is 1. The smallest absolute Gasteiger partial charge is 0.280 e. The Bertz CT molecular complexity index is 1060. The van der Waals surface area contributed by atoms with E-state index in [1.54, 1.807) is 12.1 Å². The van der Waals surface area contributed by atoms with Crippen LogP contribution in [0.25, 0.3) is 0 Å². The second-order valence-corrected chi connectivity index (χ2v) is 6.81. The van der Waals surface area contributed by atoms with Crippen LogP contribution in [0.1, 0.15) is 23.0 Å². The van der Waals surface area contributed by atoms with Crippen molar-refractivity contribution in [2.45, 2.75) is 19.9 Å². The Morgan fingerprint density at radius 1 is 1.17 bits per heavy atom. The second kappa shape index (κ2) is 9.27. The Morgan fingerprint density at radius 2 is 1.90 bits per heavy atom. The number of aromatic nitrogens is 3. The number of nitrogens with one attached hydrogen (secondary N) is 2. The van der Waals surface area contributed by atoms with E-state index in [0.29, 0.717) is 22.1 Å². The highest BCUT2D eigenvalue weighted by Gasteiger charge is 2.20. The molecule has 10 heteroatoms. The predicted molar refractivity (Wildman–Crippen MR) is 115 cm³/mol. The van der Waals surface area contributed by atoms with Gasteiger partial charge in [0, 0.05) is 10.7 Å². The number of anilines is 3. The van der Waals surface area contributed by atoms with E-state index in [0.717, 1.165) is 11.1 Å². The first-order valence-electron chi connectivity index (χ1n) is 9.14. The third-order valence-electron chi connectivity index (χ3n) is 4.34. The maximum Gasteiger partial charge on any atom is 0.280 e. The lowest BCUT2D eigenvalue weighted by atomic mass is 10.1. The summed E-state index contributed by atoms with van der Waals surface area (Å²) < 4.78 is 6.35. The van der Waals surface area contributed by atoms with Gasteiger partial charge in [-0.3, -0.25) is 9.59 Å². The molecule has 0 radical (unpaired) electrons. The van der Waals surface area contributed by atoms with E-state index in [-0.39, 0.29) is 24.0 Å². The maximum atomic E-state index is 12.6. The molecule has 1 heterocycles. The standard InChI is InChI=1S/C20H21ClN6O3/c1-3-12-4-7-14(8-5-12)23-17(28)11-27-19(22)18(25-26-27)20(29)24-15-10-13(21)6-9-16(15)30-2/h4-10H,3,11,22H2,1-2H3,(H,23,28)(H,24,29). The lowest BCUT2D eigenvalue weighted by Crippen LogP contribution is -2.21. The molecule has 3 rings (SSSR count). The molecule has 1 aromatic heterocycles. The van der Waals surface area contributed by atoms with Gasteiger partial charge >= 0.3 is 0 Å². The molecule has 0 unspecified atom stereocenters. The average molecular weight is 429 g/mol. The first-order chi connectivity index (χ1) is 14.4. The van der Waals surface area contributed by atoms with Gasteiger partial charge in [0.05, 0.1) is 12.8 Å². The lowest BCUT2D eigenvalue weighted by Gasteiger charge is -2.10. The van der Waals surface area contributed by atoms with Crippen molar-refractivity contribution in [1.29, 1.82) is 0 Å². The van der Waals surface area contributed by atoms with Gasteiger partial charge in [-0.2, -0.15) is 0 Å². The Labute approximate surface area is 178 Å². The van der Waals surface area contributed by atoms with Crippen LogP contribution in [-0.4, -0.2) is 33.9 Å². The van der Waals surface area contributed by atoms with Crippen molar-refractivity contribution in [3.63, 3.8) is 0 Å². The summed E-state index contributed by atoms with van der Waals surface area (Å²) in [7, 11) is 1.47. The Kier molecular flexibility index (Phi) is 6.53. The number of aryl methyl sites for hydroxylation is 1. The number of benzene rings is 2. The van der Waals surface area contributed by atoms with Gasteiger partial charge in [0.15, 0.2) is 11.5 Å². The topological polar surface area (TPSA) is 124 Å². The molecule has 9 nitrogen and oxygen atoms in total.